The second-order valence-electron chi connectivity index (χ2n) is 6.71. The van der Waals surface area contributed by atoms with E-state index in [0.717, 1.165) is 35.6 Å². The lowest BCUT2D eigenvalue weighted by Crippen LogP contribution is -2.27. The Morgan fingerprint density at radius 2 is 1.70 bits per heavy atom. The summed E-state index contributed by atoms with van der Waals surface area (Å²) >= 11 is 0.949. The lowest BCUT2D eigenvalue weighted by atomic mass is 10.1. The van der Waals surface area contributed by atoms with E-state index in [1.807, 2.05) is 0 Å². The SMILES string of the molecule is O=c1ccc(=O)c2c(=O)c3c([nH]n(O)n3Nc3nc4cc(OC(F)(F)F)ccc4s3)c(=O)c12. The number of hydrogen-bond acceptors (Lipinski definition) is 9. The highest BCUT2D eigenvalue weighted by molar-refractivity contribution is 7.22. The molecule has 5 rings (SSSR count). The van der Waals surface area contributed by atoms with Gasteiger partial charge in [-0.2, -0.15) is 0 Å². The summed E-state index contributed by atoms with van der Waals surface area (Å²) in [6.45, 7) is 0. The Morgan fingerprint density at radius 1 is 1.03 bits per heavy atom. The van der Waals surface area contributed by atoms with E-state index in [9.17, 15) is 37.6 Å². The number of nitrogens with zero attached hydrogens (tertiary/aromatic N) is 3. The Hall–Kier alpha value is -4.40. The van der Waals surface area contributed by atoms with Crippen molar-refractivity contribution in [3.05, 3.63) is 71.2 Å². The van der Waals surface area contributed by atoms with E-state index in [1.54, 1.807) is 0 Å². The third-order valence-electron chi connectivity index (χ3n) is 4.67. The van der Waals surface area contributed by atoms with Gasteiger partial charge in [0.25, 0.3) is 0 Å². The monoisotopic (exact) mass is 479 g/mol. The van der Waals surface area contributed by atoms with E-state index < -0.39 is 55.6 Å². The number of H-pyrrole nitrogens is 1. The fourth-order valence-corrected chi connectivity index (χ4v) is 4.21. The highest BCUT2D eigenvalue weighted by Crippen LogP contribution is 2.31. The van der Waals surface area contributed by atoms with Crippen LogP contribution in [0.5, 0.6) is 5.75 Å². The average molecular weight is 479 g/mol. The Labute approximate surface area is 180 Å². The zero-order valence-corrected chi connectivity index (χ0v) is 16.6. The molecule has 33 heavy (non-hydrogen) atoms. The Bertz CT molecular complexity index is 1820. The quantitative estimate of drug-likeness (QED) is 0.329. The van der Waals surface area contributed by atoms with Crippen molar-refractivity contribution in [3.63, 3.8) is 0 Å². The van der Waals surface area contributed by atoms with Crippen LogP contribution in [0.1, 0.15) is 0 Å². The molecule has 0 spiro atoms. The molecule has 0 amide bonds. The molecule has 0 bridgehead atoms. The number of aromatic nitrogens is 4. The van der Waals surface area contributed by atoms with Crippen LogP contribution >= 0.6 is 11.3 Å². The van der Waals surface area contributed by atoms with Crippen LogP contribution in [0.4, 0.5) is 18.3 Å². The summed E-state index contributed by atoms with van der Waals surface area (Å²) in [7, 11) is 0. The van der Waals surface area contributed by atoms with Crippen molar-refractivity contribution in [2.24, 2.45) is 0 Å². The van der Waals surface area contributed by atoms with Gasteiger partial charge < -0.3 is 9.94 Å². The van der Waals surface area contributed by atoms with Gasteiger partial charge in [0.15, 0.2) is 16.4 Å². The van der Waals surface area contributed by atoms with Crippen LogP contribution in [0.25, 0.3) is 32.0 Å². The van der Waals surface area contributed by atoms with E-state index in [0.29, 0.717) is 9.49 Å². The molecule has 15 heteroatoms. The van der Waals surface area contributed by atoms with Crippen LogP contribution in [0.3, 0.4) is 0 Å². The number of anilines is 1. The van der Waals surface area contributed by atoms with Crippen molar-refractivity contribution in [3.8, 4) is 5.75 Å². The number of nitrogens with one attached hydrogen (secondary N) is 2. The molecule has 0 aliphatic carbocycles. The highest BCUT2D eigenvalue weighted by Gasteiger charge is 2.31. The highest BCUT2D eigenvalue weighted by atomic mass is 32.1. The summed E-state index contributed by atoms with van der Waals surface area (Å²) in [5.41, 5.74) is -1.90. The number of benzene rings is 3. The number of ether oxygens (including phenoxy) is 1. The van der Waals surface area contributed by atoms with Crippen molar-refractivity contribution in [2.45, 2.75) is 6.36 Å². The van der Waals surface area contributed by atoms with Gasteiger partial charge in [-0.15, -0.1) is 18.0 Å². The lowest BCUT2D eigenvalue weighted by Gasteiger charge is -2.07. The minimum atomic E-state index is -4.89. The zero-order chi connectivity index (χ0) is 23.7. The summed E-state index contributed by atoms with van der Waals surface area (Å²) in [6, 6.07) is 5.19. The van der Waals surface area contributed by atoms with E-state index in [1.165, 1.54) is 6.07 Å². The maximum absolute atomic E-state index is 13.0. The van der Waals surface area contributed by atoms with Crippen LogP contribution in [-0.4, -0.2) is 31.4 Å². The molecule has 2 aromatic heterocycles. The first-order chi connectivity index (χ1) is 15.5. The lowest BCUT2D eigenvalue weighted by molar-refractivity contribution is -0.274. The van der Waals surface area contributed by atoms with Gasteiger partial charge in [-0.3, -0.25) is 19.2 Å². The molecule has 0 aliphatic rings. The molecule has 168 valence electrons. The maximum atomic E-state index is 13.0. The van der Waals surface area contributed by atoms with Crippen LogP contribution in [0.2, 0.25) is 0 Å². The molecule has 11 nitrogen and oxygen atoms in total. The first kappa shape index (κ1) is 20.5. The minimum Gasteiger partial charge on any atom is -0.406 e. The summed E-state index contributed by atoms with van der Waals surface area (Å²) in [5, 5.41) is 11.2. The standard InChI is InChI=1S/C18H8F3N5O6S/c19-18(20,21)32-6-1-4-10-7(5-6)22-17(33-10)24-25-14-13(23-26(25)31)15(29)11-8(27)2-3-9(28)12(11)16(14)30/h1-5,23,31H,(H,22,24). The number of halogens is 3. The first-order valence-electron chi connectivity index (χ1n) is 8.87. The van der Waals surface area contributed by atoms with Crippen molar-refractivity contribution in [2.75, 3.05) is 5.43 Å². The molecule has 3 aromatic carbocycles. The molecule has 3 N–H and O–H groups in total. The second kappa shape index (κ2) is 6.80. The summed E-state index contributed by atoms with van der Waals surface area (Å²) in [4.78, 5) is 54.9. The third-order valence-corrected chi connectivity index (χ3v) is 5.61. The van der Waals surface area contributed by atoms with Gasteiger partial charge in [-0.25, -0.2) is 15.5 Å². The number of aromatic amines is 1. The maximum Gasteiger partial charge on any atom is 0.573 e. The van der Waals surface area contributed by atoms with Crippen LogP contribution < -0.4 is 31.9 Å². The molecular formula is C18H8F3N5O6S. The number of hydrogen-bond donors (Lipinski definition) is 3. The molecule has 0 fully saturated rings. The smallest absolute Gasteiger partial charge is 0.406 e. The van der Waals surface area contributed by atoms with Crippen LogP contribution in [0.15, 0.2) is 49.5 Å². The largest absolute Gasteiger partial charge is 0.573 e. The number of rotatable bonds is 3. The van der Waals surface area contributed by atoms with Crippen molar-refractivity contribution in [1.82, 2.24) is 19.8 Å². The van der Waals surface area contributed by atoms with Gasteiger partial charge in [-0.05, 0) is 29.2 Å². The molecule has 0 radical (unpaired) electrons. The number of alkyl halides is 3. The molecule has 2 heterocycles. The van der Waals surface area contributed by atoms with Gasteiger partial charge in [0, 0.05) is 6.07 Å². The normalized spacial score (nSPS) is 12.1. The second-order valence-corrected chi connectivity index (χ2v) is 7.75. The molecule has 0 aliphatic heterocycles. The van der Waals surface area contributed by atoms with Gasteiger partial charge in [-0.1, -0.05) is 11.3 Å². The predicted octanol–water partition coefficient (Wildman–Crippen LogP) is 1.42. The van der Waals surface area contributed by atoms with Crippen molar-refractivity contribution < 1.29 is 23.1 Å². The summed E-state index contributed by atoms with van der Waals surface area (Å²) in [5.74, 6) is -0.496. The molecule has 0 atom stereocenters. The van der Waals surface area contributed by atoms with E-state index >= 15 is 0 Å². The van der Waals surface area contributed by atoms with Crippen molar-refractivity contribution in [1.29, 1.82) is 0 Å². The van der Waals surface area contributed by atoms with Gasteiger partial charge in [0.05, 0.1) is 21.0 Å². The van der Waals surface area contributed by atoms with Crippen LogP contribution in [-0.2, 0) is 0 Å². The summed E-state index contributed by atoms with van der Waals surface area (Å²) < 4.78 is 41.6. The average Bonchev–Trinajstić information content (AvgIpc) is 3.27. The predicted molar refractivity (Wildman–Crippen MR) is 111 cm³/mol. The van der Waals surface area contributed by atoms with E-state index in [2.05, 4.69) is 20.2 Å². The van der Waals surface area contributed by atoms with Crippen LogP contribution in [0, 0.1) is 0 Å². The zero-order valence-electron chi connectivity index (χ0n) is 15.8. The Balaban J connectivity index is 1.68. The summed E-state index contributed by atoms with van der Waals surface area (Å²) in [6.07, 6.45) is -4.89. The fourth-order valence-electron chi connectivity index (χ4n) is 3.38. The topological polar surface area (TPSA) is 148 Å². The van der Waals surface area contributed by atoms with E-state index in [-0.39, 0.29) is 15.6 Å². The Morgan fingerprint density at radius 3 is 2.36 bits per heavy atom. The number of fused-ring (bicyclic) bond motifs is 3. The van der Waals surface area contributed by atoms with Gasteiger partial charge in [0.1, 0.15) is 11.3 Å². The molecule has 0 saturated carbocycles. The molecule has 0 unspecified atom stereocenters. The van der Waals surface area contributed by atoms with Crippen molar-refractivity contribution >= 4 is 48.5 Å². The minimum absolute atomic E-state index is 0.00901. The number of thiazole rings is 1. The van der Waals surface area contributed by atoms with E-state index in [4.69, 9.17) is 0 Å². The molecule has 5 aromatic rings. The molecular weight excluding hydrogens is 471 g/mol. The third kappa shape index (κ3) is 3.25. The van der Waals surface area contributed by atoms with Gasteiger partial charge in [0.2, 0.25) is 16.0 Å². The fraction of sp³-hybridized carbons (Fsp3) is 0.0556. The molecule has 0 saturated heterocycles. The van der Waals surface area contributed by atoms with Gasteiger partial charge >= 0.3 is 6.36 Å². The Kier molecular flexibility index (Phi) is 4.22. The first-order valence-corrected chi connectivity index (χ1v) is 9.68.